The number of hydrogen-bond acceptors (Lipinski definition) is 18. The Morgan fingerprint density at radius 3 is 0.919 bits per heavy atom. The Morgan fingerprint density at radius 2 is 0.615 bits per heavy atom. The number of piperazine rings is 1. The minimum Gasteiger partial charge on any atom is -0.489 e. The minimum absolute atomic E-state index is 0.0453. The van der Waals surface area contributed by atoms with Gasteiger partial charge in [0.25, 0.3) is 23.6 Å². The lowest BCUT2D eigenvalue weighted by Crippen LogP contribution is -2.49. The Bertz CT molecular complexity index is 6390. The molecule has 13 aliphatic rings. The van der Waals surface area contributed by atoms with Crippen molar-refractivity contribution in [2.45, 2.75) is 257 Å². The number of benzene rings is 9. The molecule has 22 rings (SSSR count). The Hall–Kier alpha value is -13.8. The zero-order chi connectivity index (χ0) is 103. The number of piperidine rings is 7. The number of amides is 9. The molecule has 12 heterocycles. The zero-order valence-corrected chi connectivity index (χ0v) is 85.8. The molecule has 27 nitrogen and oxygen atoms in total. The monoisotopic (exact) mass is 2000 g/mol. The molecule has 4 unspecified atom stereocenters. The predicted octanol–water partition coefficient (Wildman–Crippen LogP) is 16.8. The van der Waals surface area contributed by atoms with Gasteiger partial charge in [-0.1, -0.05) is 184 Å². The number of likely N-dealkylation sites (tertiary alicyclic amines) is 3. The van der Waals surface area contributed by atoms with E-state index >= 15 is 0 Å². The summed E-state index contributed by atoms with van der Waals surface area (Å²) in [4.78, 5) is 133. The molecule has 1 aliphatic carbocycles. The summed E-state index contributed by atoms with van der Waals surface area (Å²) in [6, 6.07) is 67.2. The molecule has 0 spiro atoms. The van der Waals surface area contributed by atoms with Crippen molar-refractivity contribution >= 4 is 53.2 Å². The van der Waals surface area contributed by atoms with E-state index < -0.39 is 24.2 Å². The summed E-state index contributed by atoms with van der Waals surface area (Å²) in [5, 5.41) is 14.2. The van der Waals surface area contributed by atoms with Gasteiger partial charge in [-0.25, -0.2) is 0 Å². The van der Waals surface area contributed by atoms with E-state index in [2.05, 4.69) is 219 Å². The van der Waals surface area contributed by atoms with E-state index in [0.29, 0.717) is 190 Å². The van der Waals surface area contributed by atoms with Crippen LogP contribution in [0.5, 0.6) is 23.0 Å². The highest BCUT2D eigenvalue weighted by Gasteiger charge is 2.45. The number of nitrogens with zero attached hydrogens (tertiary/aromatic N) is 9. The van der Waals surface area contributed by atoms with E-state index in [9.17, 15) is 43.2 Å². The Balaban J connectivity index is 0.000000124. The molecule has 1 saturated carbocycles. The van der Waals surface area contributed by atoms with Gasteiger partial charge in [0.1, 0.15) is 73.6 Å². The van der Waals surface area contributed by atoms with Crippen LogP contribution in [-0.4, -0.2) is 198 Å². The van der Waals surface area contributed by atoms with E-state index in [1.807, 2.05) is 66.7 Å². The number of carbonyl (C=O) groups excluding carboxylic acids is 9. The van der Waals surface area contributed by atoms with E-state index in [0.717, 1.165) is 129 Å². The SMILES string of the molecule is C=C1CCC(N2Cc3c(OCc4ccc(CN5CCC(NC(C)=O)CC5)cc4)cccc3C2=O)C(=O)N1.C=C1CCC(N2Cc3c(OCc4ccc(CN5CCC(c6ccccc6)CC5)cc4)cccc3C2=O)C(=O)N1.C=C1CCC(N2Cc3c(OCc4ccc(CN5CCN(CC6CC6)CC5)cc4)cccc3C2=O)C(=O)N1.C=C1CCC(N2Cc3c(OCc4ccc(CN5[C@H](C)CCC[C@@H]5C)cc4)cccc3C2=O)C(=O)N1. The van der Waals surface area contributed by atoms with Gasteiger partial charge in [0.05, 0.1) is 26.2 Å². The van der Waals surface area contributed by atoms with E-state index in [1.165, 1.54) is 92.4 Å². The summed E-state index contributed by atoms with van der Waals surface area (Å²) in [5.74, 6) is 3.40. The summed E-state index contributed by atoms with van der Waals surface area (Å²) in [6.07, 6.45) is 16.2. The molecule has 6 atom stereocenters. The molecule has 772 valence electrons. The summed E-state index contributed by atoms with van der Waals surface area (Å²) in [7, 11) is 0. The first-order chi connectivity index (χ1) is 71.8. The molecule has 8 saturated heterocycles. The molecule has 27 heteroatoms. The second kappa shape index (κ2) is 47.1. The van der Waals surface area contributed by atoms with Crippen LogP contribution in [0.1, 0.15) is 250 Å². The quantitative estimate of drug-likeness (QED) is 0.0305. The molecule has 12 aliphatic heterocycles. The van der Waals surface area contributed by atoms with Crippen molar-refractivity contribution in [1.29, 1.82) is 0 Å². The summed E-state index contributed by atoms with van der Waals surface area (Å²) in [5.41, 5.74) is 19.7. The molecule has 9 fully saturated rings. The van der Waals surface area contributed by atoms with Gasteiger partial charge >= 0.3 is 0 Å². The standard InChI is InChI=1S/C33H35N3O3.C30H36N4O3.C29H34N4O4.C29H35N3O3/c1-23-10-15-30(32(37)34-23)36-21-29-28(33(36)38)8-5-9-31(29)39-22-25-13-11-24(12-14-25)20-35-18-16-27(17-19-35)26-6-3-2-4-7-26;1-21-5-12-27(29(35)31-21)34-19-26-25(30(34)36)3-2-4-28(26)37-20-24-10-8-23(9-11-24)18-33-15-13-32(14-16-33)17-22-6-7-22;1-19-6-11-26(28(35)30-19)33-17-25-24(29(33)36)4-3-5-27(25)37-18-22-9-7-21(8-10-22)16-32-14-12-23(13-15-32)31-20(2)34;1-19-10-15-26(28(33)30-19)32-17-25-24(29(32)34)8-5-9-27(25)35-18-23-13-11-22(12-14-23)16-31-20(2)6-4-7-21(31)3/h2-9,11-14,27,30H,1,10,15-22H2,(H,34,37);2-4,8-11,22,27H,1,5-7,12-20H2,(H,31,35);3-5,7-10,23,26H,1,6,11-18H2,2H3,(H,30,35)(H,31,34);5,8-9,11-14,20-21,26H,1,4,6-7,10,15-18H2,2-3H3,(H,30,33)/t;;;20-,21+,26?. The lowest BCUT2D eigenvalue weighted by molar-refractivity contribution is -0.127. The number of fused-ring (bicyclic) bond motifs is 4. The third-order valence-electron chi connectivity index (χ3n) is 31.8. The lowest BCUT2D eigenvalue weighted by atomic mass is 9.89. The van der Waals surface area contributed by atoms with Crippen molar-refractivity contribution < 1.29 is 62.1 Å². The van der Waals surface area contributed by atoms with Gasteiger partial charge in [-0.05, 0) is 240 Å². The Labute approximate surface area is 869 Å². The lowest BCUT2D eigenvalue weighted by Gasteiger charge is -2.39. The molecule has 0 aromatic heterocycles. The van der Waals surface area contributed by atoms with Crippen LogP contribution in [0.2, 0.25) is 0 Å². The van der Waals surface area contributed by atoms with Crippen molar-refractivity contribution in [1.82, 2.24) is 70.7 Å². The van der Waals surface area contributed by atoms with Crippen molar-refractivity contribution in [2.75, 3.05) is 58.9 Å². The third kappa shape index (κ3) is 25.1. The molecule has 9 aromatic rings. The first-order valence-electron chi connectivity index (χ1n) is 53.3. The van der Waals surface area contributed by atoms with Crippen molar-refractivity contribution in [3.05, 3.63) is 344 Å². The smallest absolute Gasteiger partial charge is 0.255 e. The summed E-state index contributed by atoms with van der Waals surface area (Å²) < 4.78 is 24.7. The second-order valence-electron chi connectivity index (χ2n) is 42.4. The number of nitrogens with one attached hydrogen (secondary N) is 5. The van der Waals surface area contributed by atoms with E-state index in [4.69, 9.17) is 18.9 Å². The van der Waals surface area contributed by atoms with Crippen LogP contribution in [0.3, 0.4) is 0 Å². The van der Waals surface area contributed by atoms with Crippen molar-refractivity contribution in [2.24, 2.45) is 5.92 Å². The van der Waals surface area contributed by atoms with Gasteiger partial charge in [0, 0.05) is 164 Å². The Kier molecular flexibility index (Phi) is 32.7. The average molecular weight is 2000 g/mol. The maximum atomic E-state index is 13.1. The first-order valence-corrected chi connectivity index (χ1v) is 53.3. The predicted molar refractivity (Wildman–Crippen MR) is 568 cm³/mol. The van der Waals surface area contributed by atoms with Gasteiger partial charge in [0.2, 0.25) is 29.5 Å². The van der Waals surface area contributed by atoms with Crippen LogP contribution >= 0.6 is 0 Å². The van der Waals surface area contributed by atoms with Crippen molar-refractivity contribution in [3.8, 4) is 23.0 Å². The van der Waals surface area contributed by atoms with Crippen LogP contribution in [0, 0.1) is 5.92 Å². The molecule has 9 amide bonds. The first kappa shape index (κ1) is 103. The summed E-state index contributed by atoms with van der Waals surface area (Å²) in [6.45, 7) is 38.8. The fraction of sp³-hybridized carbons (Fsp3) is 0.413. The fourth-order valence-electron chi connectivity index (χ4n) is 22.9. The van der Waals surface area contributed by atoms with Gasteiger partial charge in [-0.15, -0.1) is 0 Å². The maximum absolute atomic E-state index is 13.1. The van der Waals surface area contributed by atoms with Gasteiger partial charge in [0.15, 0.2) is 0 Å². The van der Waals surface area contributed by atoms with Gasteiger partial charge < -0.3 is 70.0 Å². The fourth-order valence-corrected chi connectivity index (χ4v) is 22.9. The van der Waals surface area contributed by atoms with Crippen LogP contribution < -0.4 is 45.5 Å². The van der Waals surface area contributed by atoms with E-state index in [1.54, 1.807) is 32.6 Å². The molecule has 5 N–H and O–H groups in total. The Morgan fingerprint density at radius 1 is 0.324 bits per heavy atom. The molecule has 148 heavy (non-hydrogen) atoms. The normalized spacial score (nSPS) is 22.0. The highest BCUT2D eigenvalue weighted by molar-refractivity contribution is 6.05. The van der Waals surface area contributed by atoms with Crippen LogP contribution in [0.4, 0.5) is 0 Å². The van der Waals surface area contributed by atoms with Gasteiger partial charge in [-0.3, -0.25) is 62.8 Å². The van der Waals surface area contributed by atoms with Crippen LogP contribution in [-0.2, 0) is 103 Å². The minimum atomic E-state index is -0.484. The average Bonchev–Trinajstić information content (AvgIpc) is 1.63. The molecular weight excluding hydrogens is 1860 g/mol. The number of rotatable bonds is 28. The molecule has 0 bridgehead atoms. The molecule has 0 radical (unpaired) electrons. The number of hydrogen-bond donors (Lipinski definition) is 5. The van der Waals surface area contributed by atoms with E-state index in [-0.39, 0.29) is 59.2 Å². The zero-order valence-electron chi connectivity index (χ0n) is 85.8. The van der Waals surface area contributed by atoms with Crippen LogP contribution in [0.25, 0.3) is 0 Å². The number of ether oxygens (including phenoxy) is 4. The highest BCUT2D eigenvalue weighted by atomic mass is 16.5. The summed E-state index contributed by atoms with van der Waals surface area (Å²) >= 11 is 0. The third-order valence-corrected chi connectivity index (χ3v) is 31.8. The van der Waals surface area contributed by atoms with Crippen LogP contribution in [0.15, 0.2) is 249 Å². The molecule has 9 aromatic carbocycles. The number of allylic oxidation sites excluding steroid dienone is 4. The highest BCUT2D eigenvalue weighted by Crippen LogP contribution is 2.42. The topological polar surface area (TPSA) is 280 Å². The molecular formula is C121H140N14O13. The maximum Gasteiger partial charge on any atom is 0.255 e. The largest absolute Gasteiger partial charge is 0.489 e. The number of carbonyl (C=O) groups is 9. The van der Waals surface area contributed by atoms with Gasteiger partial charge in [-0.2, -0.15) is 0 Å². The van der Waals surface area contributed by atoms with Crippen molar-refractivity contribution in [3.63, 3.8) is 0 Å². The second-order valence-corrected chi connectivity index (χ2v) is 42.4.